The van der Waals surface area contributed by atoms with E-state index < -0.39 is 11.7 Å². The summed E-state index contributed by atoms with van der Waals surface area (Å²) in [6.07, 6.45) is 0.899. The van der Waals surface area contributed by atoms with Gasteiger partial charge in [-0.05, 0) is 35.8 Å². The summed E-state index contributed by atoms with van der Waals surface area (Å²) in [5, 5.41) is 6.19. The minimum Gasteiger partial charge on any atom is -0.465 e. The Morgan fingerprint density at radius 1 is 1.23 bits per heavy atom. The number of hydrogen-bond acceptors (Lipinski definition) is 7. The molecule has 2 aromatic heterocycles. The molecule has 158 valence electrons. The number of ether oxygens (including phenoxy) is 2. The third kappa shape index (κ3) is 3.71. The van der Waals surface area contributed by atoms with Gasteiger partial charge < -0.3 is 14.8 Å². The van der Waals surface area contributed by atoms with E-state index in [1.165, 1.54) is 12.1 Å². The smallest absolute Gasteiger partial charge is 0.439 e. The number of H-pyrrole nitrogens is 1. The Morgan fingerprint density at radius 3 is 2.77 bits per heavy atom. The lowest BCUT2D eigenvalue weighted by molar-refractivity contribution is 0.101. The van der Waals surface area contributed by atoms with Crippen LogP contribution in [0.4, 0.5) is 5.69 Å². The molecule has 0 unspecified atom stereocenters. The Labute approximate surface area is 183 Å². The second-order valence-corrected chi connectivity index (χ2v) is 7.48. The van der Waals surface area contributed by atoms with Crippen LogP contribution in [0.15, 0.2) is 39.6 Å². The van der Waals surface area contributed by atoms with E-state index in [1.54, 1.807) is 6.07 Å². The van der Waals surface area contributed by atoms with E-state index in [1.807, 2.05) is 16.7 Å². The molecule has 0 saturated carbocycles. The summed E-state index contributed by atoms with van der Waals surface area (Å²) >= 11 is 12.7. The number of nitrogens with zero attached hydrogens (tertiary/aromatic N) is 3. The van der Waals surface area contributed by atoms with E-state index in [-0.39, 0.29) is 27.3 Å². The molecule has 0 radical (unpaired) electrons. The van der Waals surface area contributed by atoms with Crippen molar-refractivity contribution in [2.24, 2.45) is 0 Å². The van der Waals surface area contributed by atoms with Crippen LogP contribution in [0.2, 0.25) is 10.0 Å². The molecule has 31 heavy (non-hydrogen) atoms. The number of carbonyl (C=O) groups excluding carboxylic acids is 1. The molecule has 1 aliphatic rings. The van der Waals surface area contributed by atoms with Crippen LogP contribution in [-0.4, -0.2) is 32.2 Å². The summed E-state index contributed by atoms with van der Waals surface area (Å²) < 4.78 is 17.8. The Kier molecular flexibility index (Phi) is 4.79. The highest BCUT2D eigenvalue weighted by Crippen LogP contribution is 2.40. The van der Waals surface area contributed by atoms with Crippen LogP contribution < -0.4 is 20.5 Å². The molecule has 0 saturated heterocycles. The third-order valence-corrected chi connectivity index (χ3v) is 5.13. The molecule has 0 atom stereocenters. The number of rotatable bonds is 4. The van der Waals surface area contributed by atoms with Crippen LogP contribution >= 0.6 is 23.2 Å². The molecule has 1 aliphatic heterocycles. The fourth-order valence-electron chi connectivity index (χ4n) is 3.22. The minimum absolute atomic E-state index is 0.176. The van der Waals surface area contributed by atoms with E-state index in [4.69, 9.17) is 32.7 Å². The summed E-state index contributed by atoms with van der Waals surface area (Å²) in [6.45, 7) is 1.45. The van der Waals surface area contributed by atoms with E-state index >= 15 is 0 Å². The summed E-state index contributed by atoms with van der Waals surface area (Å²) in [5.74, 6) is -1.07. The molecule has 1 amide bonds. The van der Waals surface area contributed by atoms with Gasteiger partial charge in [0.2, 0.25) is 5.82 Å². The number of hydrogen-bond donors (Lipinski definition) is 2. The largest absolute Gasteiger partial charge is 0.465 e. The number of nitrogens with one attached hydrogen (secondary N) is 2. The van der Waals surface area contributed by atoms with E-state index in [2.05, 4.69) is 25.0 Å². The van der Waals surface area contributed by atoms with E-state index in [0.717, 1.165) is 24.0 Å². The van der Waals surface area contributed by atoms with Gasteiger partial charge in [-0.15, -0.1) is 0 Å². The van der Waals surface area contributed by atoms with Gasteiger partial charge in [0.25, 0.3) is 11.9 Å². The zero-order valence-electron chi connectivity index (χ0n) is 15.6. The second kappa shape index (κ2) is 7.64. The van der Waals surface area contributed by atoms with Crippen LogP contribution in [0.5, 0.6) is 17.5 Å². The predicted octanol–water partition coefficient (Wildman–Crippen LogP) is 3.85. The number of aromatic amines is 1. The maximum atomic E-state index is 12.1. The van der Waals surface area contributed by atoms with Crippen molar-refractivity contribution in [1.29, 1.82) is 0 Å². The van der Waals surface area contributed by atoms with Crippen LogP contribution in [0.25, 0.3) is 11.0 Å². The number of anilines is 1. The Hall–Kier alpha value is -3.50. The lowest BCUT2D eigenvalue weighted by Crippen LogP contribution is -2.14. The number of halogens is 2. The quantitative estimate of drug-likeness (QED) is 0.472. The average Bonchev–Trinajstić information content (AvgIpc) is 3.34. The summed E-state index contributed by atoms with van der Waals surface area (Å²) in [5.41, 5.74) is 1.96. The molecular weight excluding hydrogens is 449 g/mol. The first kappa shape index (κ1) is 19.5. The highest BCUT2D eigenvalue weighted by Gasteiger charge is 2.18. The van der Waals surface area contributed by atoms with Crippen LogP contribution in [-0.2, 0) is 6.54 Å². The fourth-order valence-corrected chi connectivity index (χ4v) is 3.79. The number of carbonyl (C=O) groups is 1. The molecule has 10 nitrogen and oxygen atoms in total. The number of imidazole rings is 1. The predicted molar refractivity (Wildman–Crippen MR) is 111 cm³/mol. The lowest BCUT2D eigenvalue weighted by Gasteiger charge is -2.15. The zero-order chi connectivity index (χ0) is 21.5. The first-order valence-corrected chi connectivity index (χ1v) is 9.91. The zero-order valence-corrected chi connectivity index (χ0v) is 17.2. The van der Waals surface area contributed by atoms with Gasteiger partial charge in [-0.25, -0.2) is 4.79 Å². The van der Waals surface area contributed by atoms with Crippen molar-refractivity contribution in [2.45, 2.75) is 13.0 Å². The summed E-state index contributed by atoms with van der Waals surface area (Å²) in [6, 6.07) is 8.93. The van der Waals surface area contributed by atoms with Gasteiger partial charge in [-0.1, -0.05) is 23.2 Å². The van der Waals surface area contributed by atoms with E-state index in [9.17, 15) is 9.59 Å². The molecule has 0 aliphatic carbocycles. The fraction of sp³-hybridized carbons (Fsp3) is 0.158. The molecule has 0 fully saturated rings. The molecule has 0 spiro atoms. The van der Waals surface area contributed by atoms with Gasteiger partial charge in [0.05, 0.1) is 27.7 Å². The van der Waals surface area contributed by atoms with Crippen molar-refractivity contribution in [2.75, 3.05) is 11.9 Å². The molecular formula is C19H13Cl2N5O5. The van der Waals surface area contributed by atoms with Crippen molar-refractivity contribution in [1.82, 2.24) is 19.7 Å². The van der Waals surface area contributed by atoms with Crippen LogP contribution in [0, 0.1) is 0 Å². The van der Waals surface area contributed by atoms with Gasteiger partial charge >= 0.3 is 5.76 Å². The van der Waals surface area contributed by atoms with Gasteiger partial charge in [0.15, 0.2) is 5.75 Å². The topological polar surface area (TPSA) is 124 Å². The maximum absolute atomic E-state index is 12.1. The molecule has 4 aromatic rings. The third-order valence-electron chi connectivity index (χ3n) is 4.57. The average molecular weight is 462 g/mol. The Morgan fingerprint density at radius 2 is 2.03 bits per heavy atom. The number of benzene rings is 2. The van der Waals surface area contributed by atoms with Crippen molar-refractivity contribution in [3.63, 3.8) is 0 Å². The molecule has 2 N–H and O–H groups in total. The minimum atomic E-state index is -0.840. The molecule has 3 heterocycles. The maximum Gasteiger partial charge on any atom is 0.439 e. The first-order chi connectivity index (χ1) is 15.0. The number of aromatic nitrogens is 4. The summed E-state index contributed by atoms with van der Waals surface area (Å²) in [7, 11) is 0. The van der Waals surface area contributed by atoms with Crippen molar-refractivity contribution >= 4 is 45.8 Å². The number of fused-ring (bicyclic) bond motifs is 3. The first-order valence-electron chi connectivity index (χ1n) is 9.15. The SMILES string of the molecule is O=C(Nc1cc(Cl)c(Oc2ccc3nc4n(c3c2)CCCO4)c(Cl)c1)c1noc(=O)[nH]1. The Balaban J connectivity index is 1.40. The lowest BCUT2D eigenvalue weighted by atomic mass is 10.2. The van der Waals surface area contributed by atoms with Crippen LogP contribution in [0.3, 0.4) is 0 Å². The van der Waals surface area contributed by atoms with Gasteiger partial charge in [-0.2, -0.15) is 4.98 Å². The van der Waals surface area contributed by atoms with Crippen molar-refractivity contribution < 1.29 is 18.8 Å². The van der Waals surface area contributed by atoms with Crippen LogP contribution in [0.1, 0.15) is 17.0 Å². The standard InChI is InChI=1S/C19H13Cl2N5O5/c20-11-6-9(22-17(27)16-24-19(28)31-25-16)7-12(21)15(11)30-10-2-3-13-14(8-10)26-4-1-5-29-18(26)23-13/h2-3,6-8H,1,4-5H2,(H,22,27)(H,24,25,28). The second-order valence-electron chi connectivity index (χ2n) is 6.67. The number of amides is 1. The normalized spacial score (nSPS) is 13.0. The Bertz CT molecular complexity index is 1350. The van der Waals surface area contributed by atoms with Gasteiger partial charge in [-0.3, -0.25) is 18.9 Å². The molecule has 2 aromatic carbocycles. The van der Waals surface area contributed by atoms with Crippen molar-refractivity contribution in [3.05, 3.63) is 56.8 Å². The monoisotopic (exact) mass is 461 g/mol. The molecule has 5 rings (SSSR count). The highest BCUT2D eigenvalue weighted by molar-refractivity contribution is 6.37. The molecule has 12 heteroatoms. The van der Waals surface area contributed by atoms with E-state index in [0.29, 0.717) is 18.4 Å². The highest BCUT2D eigenvalue weighted by atomic mass is 35.5. The van der Waals surface area contributed by atoms with Gasteiger partial charge in [0.1, 0.15) is 5.75 Å². The van der Waals surface area contributed by atoms with Gasteiger partial charge in [0, 0.05) is 18.3 Å². The molecule has 0 bridgehead atoms. The van der Waals surface area contributed by atoms with Crippen molar-refractivity contribution in [3.8, 4) is 17.5 Å². The summed E-state index contributed by atoms with van der Waals surface area (Å²) in [4.78, 5) is 29.7. The number of aryl methyl sites for hydroxylation is 1.